The van der Waals surface area contributed by atoms with Gasteiger partial charge >= 0.3 is 0 Å². The van der Waals surface area contributed by atoms with E-state index < -0.39 is 24.0 Å². The van der Waals surface area contributed by atoms with Gasteiger partial charge in [-0.25, -0.2) is 0 Å². The Morgan fingerprint density at radius 1 is 0.938 bits per heavy atom. The third kappa shape index (κ3) is 9.52. The minimum Gasteiger partial charge on any atom is -0.459 e. The average molecular weight is 866 g/mol. The molecule has 2 N–H and O–H groups in total. The third-order valence-electron chi connectivity index (χ3n) is 13.3. The summed E-state index contributed by atoms with van der Waals surface area (Å²) in [7, 11) is 1.77. The normalized spacial score (nSPS) is 25.2. The van der Waals surface area contributed by atoms with Crippen molar-refractivity contribution in [2.75, 3.05) is 33.5 Å². The van der Waals surface area contributed by atoms with Gasteiger partial charge < -0.3 is 38.9 Å². The van der Waals surface area contributed by atoms with Crippen LogP contribution in [0.1, 0.15) is 91.6 Å². The molecule has 1 amide bonds. The number of ether oxygens (including phenoxy) is 4. The van der Waals surface area contributed by atoms with Crippen LogP contribution in [0.25, 0.3) is 11.1 Å². The van der Waals surface area contributed by atoms with Crippen molar-refractivity contribution < 1.29 is 38.8 Å². The molecule has 4 aromatic carbocycles. The quantitative estimate of drug-likeness (QED) is 0.0568. The van der Waals surface area contributed by atoms with Crippen molar-refractivity contribution in [2.24, 2.45) is 22.9 Å². The molecule has 4 aromatic rings. The van der Waals surface area contributed by atoms with Gasteiger partial charge in [0.25, 0.3) is 5.91 Å². The SMILES string of the molecule is C=CCO[C@@]12Oc3ccc(Oc4ccc(-c5ccccc5)cc4)cc3[C@H]3[C@H](CCCCO)[C@@H](CCCCO)C=C(C(=NOC4CCCCO4)C[C@@H]1N(C)C(=O)c1ccc(C#N)cc1)[C@H]32. The topological polar surface area (TPSA) is 143 Å². The molecule has 0 bridgehead atoms. The molecule has 0 aromatic heterocycles. The predicted octanol–water partition coefficient (Wildman–Crippen LogP) is 9.95. The number of unbranched alkanes of at least 4 members (excludes halogenated alkanes) is 2. The van der Waals surface area contributed by atoms with Gasteiger partial charge in [0, 0.05) is 50.1 Å². The molecule has 11 nitrogen and oxygen atoms in total. The zero-order chi connectivity index (χ0) is 44.5. The molecule has 2 aliphatic heterocycles. The molecule has 1 saturated carbocycles. The molecular weight excluding hydrogens is 807 g/mol. The van der Waals surface area contributed by atoms with E-state index in [0.29, 0.717) is 53.5 Å². The molecule has 7 atom stereocenters. The van der Waals surface area contributed by atoms with E-state index >= 15 is 0 Å². The number of hydrogen-bond donors (Lipinski definition) is 2. The standard InChI is InChI=1S/C53H59N3O8/c1-3-30-61-53-48(56(2)52(59)39-20-18-36(35-54)19-21-39)34-46(55-64-49-17-9-12-31-60-49)44-32-40(15-7-10-28-57)43(16-8-11-29-58)50(51(44)53)45-33-42(26-27-47(45)63-53)62-41-24-22-38(23-25-41)37-13-5-4-6-14-37/h3-6,13-14,18-27,32-33,40,43,48-51,57-58H,1,7-12,15-17,28-31,34H2,2H3/t40-,43+,48-,49?,50+,51+,53+/m0/s1. The van der Waals surface area contributed by atoms with Gasteiger partial charge in [-0.15, -0.1) is 6.58 Å². The van der Waals surface area contributed by atoms with E-state index in [1.54, 1.807) is 42.3 Å². The van der Waals surface area contributed by atoms with Gasteiger partial charge in [-0.1, -0.05) is 72.6 Å². The van der Waals surface area contributed by atoms with E-state index in [1.165, 1.54) is 0 Å². The molecule has 2 aliphatic carbocycles. The van der Waals surface area contributed by atoms with E-state index in [0.717, 1.165) is 67.2 Å². The molecular formula is C53H59N3O8. The lowest BCUT2D eigenvalue weighted by Crippen LogP contribution is -2.69. The zero-order valence-electron chi connectivity index (χ0n) is 36.6. The highest BCUT2D eigenvalue weighted by molar-refractivity contribution is 6.03. The number of carbonyl (C=O) groups is 1. The number of aliphatic hydroxyl groups is 2. The van der Waals surface area contributed by atoms with Crippen molar-refractivity contribution in [1.29, 1.82) is 5.26 Å². The van der Waals surface area contributed by atoms with E-state index in [9.17, 15) is 20.3 Å². The van der Waals surface area contributed by atoms with Crippen LogP contribution < -0.4 is 9.47 Å². The number of carbonyl (C=O) groups excluding carboxylic acids is 1. The number of hydrogen-bond acceptors (Lipinski definition) is 10. The number of amides is 1. The van der Waals surface area contributed by atoms with E-state index in [4.69, 9.17) is 28.9 Å². The first-order chi connectivity index (χ1) is 31.4. The highest BCUT2D eigenvalue weighted by Crippen LogP contribution is 2.62. The monoisotopic (exact) mass is 865 g/mol. The first-order valence-electron chi connectivity index (χ1n) is 22.8. The fraction of sp³-hybridized carbons (Fsp3) is 0.415. The van der Waals surface area contributed by atoms with Crippen LogP contribution in [0.5, 0.6) is 17.2 Å². The number of likely N-dealkylation sites (N-methyl/N-ethyl adjacent to an activating group) is 1. The third-order valence-corrected chi connectivity index (χ3v) is 13.3. The Morgan fingerprint density at radius 3 is 2.38 bits per heavy atom. The van der Waals surface area contributed by atoms with Crippen LogP contribution in [0.4, 0.5) is 0 Å². The van der Waals surface area contributed by atoms with Crippen molar-refractivity contribution >= 4 is 11.6 Å². The minimum atomic E-state index is -1.41. The molecule has 4 aliphatic rings. The van der Waals surface area contributed by atoms with E-state index in [2.05, 4.69) is 49.1 Å². The molecule has 64 heavy (non-hydrogen) atoms. The Labute approximate surface area is 376 Å². The van der Waals surface area contributed by atoms with Gasteiger partial charge in [0.2, 0.25) is 12.1 Å². The lowest BCUT2D eigenvalue weighted by Gasteiger charge is -2.59. The minimum absolute atomic E-state index is 0.0517. The van der Waals surface area contributed by atoms with Crippen LogP contribution in [0.15, 0.2) is 127 Å². The number of fused-ring (bicyclic) bond motifs is 2. The number of benzene rings is 4. The predicted molar refractivity (Wildman–Crippen MR) is 245 cm³/mol. The van der Waals surface area contributed by atoms with Crippen LogP contribution >= 0.6 is 0 Å². The van der Waals surface area contributed by atoms with Crippen LogP contribution in [0, 0.1) is 29.1 Å². The molecule has 2 fully saturated rings. The van der Waals surface area contributed by atoms with Gasteiger partial charge in [-0.3, -0.25) is 4.79 Å². The summed E-state index contributed by atoms with van der Waals surface area (Å²) in [4.78, 5) is 22.6. The maximum absolute atomic E-state index is 14.6. The maximum atomic E-state index is 14.6. The van der Waals surface area contributed by atoms with Gasteiger partial charge in [-0.2, -0.15) is 5.26 Å². The summed E-state index contributed by atoms with van der Waals surface area (Å²) in [5.41, 5.74) is 5.71. The number of nitrogens with zero attached hydrogens (tertiary/aromatic N) is 3. The van der Waals surface area contributed by atoms with E-state index in [1.807, 2.05) is 42.5 Å². The van der Waals surface area contributed by atoms with E-state index in [-0.39, 0.29) is 49.9 Å². The number of aliphatic hydroxyl groups excluding tert-OH is 2. The number of nitriles is 1. The highest BCUT2D eigenvalue weighted by atomic mass is 16.8. The molecule has 334 valence electrons. The van der Waals surface area contributed by atoms with Gasteiger partial charge in [0.1, 0.15) is 23.3 Å². The second-order valence-corrected chi connectivity index (χ2v) is 17.3. The van der Waals surface area contributed by atoms with Gasteiger partial charge in [-0.05, 0) is 122 Å². The Kier molecular flexibility index (Phi) is 14.6. The Morgan fingerprint density at radius 2 is 1.67 bits per heavy atom. The largest absolute Gasteiger partial charge is 0.459 e. The van der Waals surface area contributed by atoms with Crippen molar-refractivity contribution in [1.82, 2.24) is 4.90 Å². The van der Waals surface area contributed by atoms with Crippen LogP contribution in [-0.2, 0) is 14.3 Å². The molecule has 2 heterocycles. The molecule has 1 unspecified atom stereocenters. The number of allylic oxidation sites excluding steroid dienone is 1. The Bertz CT molecular complexity index is 2320. The summed E-state index contributed by atoms with van der Waals surface area (Å²) in [6.07, 6.45) is 11.1. The van der Waals surface area contributed by atoms with Crippen LogP contribution in [0.2, 0.25) is 0 Å². The molecule has 0 radical (unpaired) electrons. The lowest BCUT2D eigenvalue weighted by molar-refractivity contribution is -0.252. The Balaban J connectivity index is 1.27. The van der Waals surface area contributed by atoms with Crippen molar-refractivity contribution in [3.8, 4) is 34.4 Å². The fourth-order valence-electron chi connectivity index (χ4n) is 10.2. The lowest BCUT2D eigenvalue weighted by atomic mass is 9.55. The van der Waals surface area contributed by atoms with Gasteiger partial charge in [0.05, 0.1) is 36.5 Å². The highest BCUT2D eigenvalue weighted by Gasteiger charge is 2.65. The molecule has 1 saturated heterocycles. The smallest absolute Gasteiger partial charge is 0.254 e. The molecule has 11 heteroatoms. The first-order valence-corrected chi connectivity index (χ1v) is 22.8. The second-order valence-electron chi connectivity index (χ2n) is 17.3. The summed E-state index contributed by atoms with van der Waals surface area (Å²) in [5, 5.41) is 34.4. The average Bonchev–Trinajstić information content (AvgIpc) is 3.34. The zero-order valence-corrected chi connectivity index (χ0v) is 36.6. The first kappa shape index (κ1) is 44.8. The second kappa shape index (κ2) is 20.8. The fourth-order valence-corrected chi connectivity index (χ4v) is 10.2. The molecule has 8 rings (SSSR count). The molecule has 0 spiro atoms. The van der Waals surface area contributed by atoms with Crippen LogP contribution in [-0.4, -0.2) is 78.3 Å². The Hall–Kier alpha value is -5.77. The maximum Gasteiger partial charge on any atom is 0.254 e. The van der Waals surface area contributed by atoms with Crippen molar-refractivity contribution in [3.63, 3.8) is 0 Å². The van der Waals surface area contributed by atoms with Crippen molar-refractivity contribution in [2.45, 2.75) is 88.2 Å². The summed E-state index contributed by atoms with van der Waals surface area (Å²) in [6, 6.07) is 32.3. The summed E-state index contributed by atoms with van der Waals surface area (Å²) in [6.45, 7) is 4.98. The summed E-state index contributed by atoms with van der Waals surface area (Å²) in [5.74, 6) is -0.241. The van der Waals surface area contributed by atoms with Gasteiger partial charge in [0.15, 0.2) is 0 Å². The number of rotatable bonds is 18. The van der Waals surface area contributed by atoms with Crippen LogP contribution in [0.3, 0.4) is 0 Å². The summed E-state index contributed by atoms with van der Waals surface area (Å²) >= 11 is 0. The van der Waals surface area contributed by atoms with Crippen molar-refractivity contribution in [3.05, 3.63) is 138 Å². The summed E-state index contributed by atoms with van der Waals surface area (Å²) < 4.78 is 27.0. The number of oxime groups is 1.